The van der Waals surface area contributed by atoms with Crippen molar-refractivity contribution < 1.29 is 14.6 Å². The molecule has 9 nitrogen and oxygen atoms in total. The van der Waals surface area contributed by atoms with Crippen LogP contribution in [0.3, 0.4) is 0 Å². The number of benzene rings is 1. The zero-order valence-corrected chi connectivity index (χ0v) is 16.7. The topological polar surface area (TPSA) is 117 Å². The van der Waals surface area contributed by atoms with Crippen LogP contribution in [0, 0.1) is 0 Å². The fourth-order valence-corrected chi connectivity index (χ4v) is 4.82. The number of ether oxygens (including phenoxy) is 1. The minimum atomic E-state index is -0.395. The van der Waals surface area contributed by atoms with E-state index in [0.717, 1.165) is 25.1 Å². The summed E-state index contributed by atoms with van der Waals surface area (Å²) >= 11 is 0. The largest absolute Gasteiger partial charge is 0.507 e. The first kappa shape index (κ1) is 19.1. The van der Waals surface area contributed by atoms with Crippen LogP contribution in [0.4, 0.5) is 11.5 Å². The second-order valence-corrected chi connectivity index (χ2v) is 8.12. The number of fused-ring (bicyclic) bond motifs is 2. The lowest BCUT2D eigenvalue weighted by molar-refractivity contribution is -0.148. The molecule has 3 fully saturated rings. The van der Waals surface area contributed by atoms with E-state index in [-0.39, 0.29) is 23.7 Å². The highest BCUT2D eigenvalue weighted by atomic mass is 16.5. The summed E-state index contributed by atoms with van der Waals surface area (Å²) in [6.07, 6.45) is 1.55. The Hall–Kier alpha value is -2.91. The lowest BCUT2D eigenvalue weighted by Crippen LogP contribution is -2.60. The molecule has 9 heteroatoms. The molecule has 4 N–H and O–H groups in total. The molecule has 0 spiro atoms. The van der Waals surface area contributed by atoms with Gasteiger partial charge in [0.25, 0.3) is 5.91 Å². The molecule has 1 aromatic carbocycles. The van der Waals surface area contributed by atoms with Crippen LogP contribution in [0.25, 0.3) is 11.3 Å². The van der Waals surface area contributed by atoms with Crippen molar-refractivity contribution in [3.05, 3.63) is 30.3 Å². The molecular formula is C21H26N6O3. The molecule has 3 atom stereocenters. The van der Waals surface area contributed by atoms with Crippen molar-refractivity contribution in [3.8, 4) is 17.0 Å². The summed E-state index contributed by atoms with van der Waals surface area (Å²) in [6, 6.07) is 9.18. The Bertz CT molecular complexity index is 934. The zero-order chi connectivity index (χ0) is 20.7. The molecule has 30 heavy (non-hydrogen) atoms. The summed E-state index contributed by atoms with van der Waals surface area (Å²) in [6.45, 7) is 3.32. The van der Waals surface area contributed by atoms with Crippen LogP contribution < -0.4 is 16.0 Å². The van der Waals surface area contributed by atoms with Crippen LogP contribution in [-0.4, -0.2) is 77.1 Å². The number of para-hydroxylation sites is 1. The number of rotatable bonds is 3. The number of carbonyl (C=O) groups excluding carboxylic acids is 1. The van der Waals surface area contributed by atoms with Crippen LogP contribution in [0.5, 0.6) is 5.75 Å². The van der Waals surface area contributed by atoms with E-state index in [1.807, 2.05) is 17.0 Å². The van der Waals surface area contributed by atoms with E-state index < -0.39 is 6.10 Å². The Labute approximate surface area is 174 Å². The van der Waals surface area contributed by atoms with Gasteiger partial charge in [0.1, 0.15) is 11.9 Å². The van der Waals surface area contributed by atoms with E-state index in [2.05, 4.69) is 20.4 Å². The van der Waals surface area contributed by atoms with E-state index in [1.54, 1.807) is 18.2 Å². The van der Waals surface area contributed by atoms with Crippen LogP contribution in [0.15, 0.2) is 30.3 Å². The number of aromatic nitrogens is 2. The number of nitrogen functional groups attached to an aromatic ring is 1. The molecule has 0 saturated carbocycles. The number of aromatic hydroxyl groups is 1. The fourth-order valence-electron chi connectivity index (χ4n) is 4.82. The highest BCUT2D eigenvalue weighted by Crippen LogP contribution is 2.37. The van der Waals surface area contributed by atoms with Gasteiger partial charge in [-0.05, 0) is 31.0 Å². The first-order chi connectivity index (χ1) is 14.6. The maximum Gasteiger partial charge on any atom is 0.253 e. The third kappa shape index (κ3) is 3.33. The third-order valence-corrected chi connectivity index (χ3v) is 6.26. The molecule has 2 bridgehead atoms. The van der Waals surface area contributed by atoms with Crippen molar-refractivity contribution in [2.45, 2.75) is 31.0 Å². The summed E-state index contributed by atoms with van der Waals surface area (Å²) in [4.78, 5) is 17.3. The van der Waals surface area contributed by atoms with E-state index in [4.69, 9.17) is 10.5 Å². The summed E-state index contributed by atoms with van der Waals surface area (Å²) in [7, 11) is 0. The third-order valence-electron chi connectivity index (χ3n) is 6.26. The van der Waals surface area contributed by atoms with Gasteiger partial charge in [0.2, 0.25) is 0 Å². The Balaban J connectivity index is 1.38. The number of carbonyl (C=O) groups is 1. The van der Waals surface area contributed by atoms with Crippen molar-refractivity contribution in [2.75, 3.05) is 43.4 Å². The molecule has 3 aliphatic heterocycles. The smallest absolute Gasteiger partial charge is 0.253 e. The average Bonchev–Trinajstić information content (AvgIpc) is 3.04. The molecule has 158 valence electrons. The number of nitrogens with one attached hydrogen (secondary N) is 1. The molecule has 1 amide bonds. The Morgan fingerprint density at radius 3 is 2.67 bits per heavy atom. The second-order valence-electron chi connectivity index (χ2n) is 8.12. The van der Waals surface area contributed by atoms with Gasteiger partial charge in [-0.3, -0.25) is 4.79 Å². The molecule has 0 aliphatic carbocycles. The van der Waals surface area contributed by atoms with Crippen molar-refractivity contribution >= 4 is 17.4 Å². The summed E-state index contributed by atoms with van der Waals surface area (Å²) in [5.41, 5.74) is 8.16. The van der Waals surface area contributed by atoms with Crippen molar-refractivity contribution in [1.82, 2.24) is 20.4 Å². The fraction of sp³-hybridized carbons (Fsp3) is 0.476. The summed E-state index contributed by atoms with van der Waals surface area (Å²) < 4.78 is 5.69. The Morgan fingerprint density at radius 2 is 1.97 bits per heavy atom. The molecule has 0 radical (unpaired) electrons. The van der Waals surface area contributed by atoms with Gasteiger partial charge in [-0.2, -0.15) is 0 Å². The van der Waals surface area contributed by atoms with Crippen molar-refractivity contribution in [3.63, 3.8) is 0 Å². The molecular weight excluding hydrogens is 384 g/mol. The molecule has 2 unspecified atom stereocenters. The standard InChI is InChI=1S/C21H26N6O3/c22-20-17(9-16(24-25-20)15-3-1-2-4-18(15)28)26-11-13-5-6-14(12-26)27(13)21(29)19-10-23-7-8-30-19/h1-4,9,13-14,19,23,28H,5-8,10-12H2,(H2,22,25)/t13?,14?,19-/m1/s1. The molecule has 4 heterocycles. The number of amides is 1. The SMILES string of the molecule is Nc1nnc(-c2ccccc2O)cc1N1CC2CCC(C1)N2C(=O)[C@H]1CNCCO1. The summed E-state index contributed by atoms with van der Waals surface area (Å²) in [5.74, 6) is 0.595. The minimum Gasteiger partial charge on any atom is -0.507 e. The van der Waals surface area contributed by atoms with Gasteiger partial charge in [-0.1, -0.05) is 12.1 Å². The number of piperazine rings is 1. The number of morpholine rings is 1. The predicted octanol–water partition coefficient (Wildman–Crippen LogP) is 0.599. The number of hydrogen-bond donors (Lipinski definition) is 3. The maximum absolute atomic E-state index is 13.1. The first-order valence-corrected chi connectivity index (χ1v) is 10.4. The Morgan fingerprint density at radius 1 is 1.20 bits per heavy atom. The van der Waals surface area contributed by atoms with Crippen molar-refractivity contribution in [1.29, 1.82) is 0 Å². The van der Waals surface area contributed by atoms with E-state index in [9.17, 15) is 9.90 Å². The van der Waals surface area contributed by atoms with E-state index in [1.165, 1.54) is 0 Å². The van der Waals surface area contributed by atoms with Gasteiger partial charge < -0.3 is 30.7 Å². The zero-order valence-electron chi connectivity index (χ0n) is 16.7. The van der Waals surface area contributed by atoms with Gasteiger partial charge in [0.05, 0.1) is 18.0 Å². The number of hydrogen-bond acceptors (Lipinski definition) is 8. The quantitative estimate of drug-likeness (QED) is 0.674. The monoisotopic (exact) mass is 410 g/mol. The second kappa shape index (κ2) is 7.73. The molecule has 3 aliphatic rings. The predicted molar refractivity (Wildman–Crippen MR) is 112 cm³/mol. The van der Waals surface area contributed by atoms with Crippen LogP contribution in [0.2, 0.25) is 0 Å². The Kier molecular flexibility index (Phi) is 4.92. The van der Waals surface area contributed by atoms with Gasteiger partial charge in [0.15, 0.2) is 5.82 Å². The van der Waals surface area contributed by atoms with Gasteiger partial charge in [-0.15, -0.1) is 10.2 Å². The van der Waals surface area contributed by atoms with E-state index >= 15 is 0 Å². The number of phenolic OH excluding ortho intramolecular Hbond substituents is 1. The first-order valence-electron chi connectivity index (χ1n) is 10.4. The van der Waals surface area contributed by atoms with Gasteiger partial charge >= 0.3 is 0 Å². The number of anilines is 2. The lowest BCUT2D eigenvalue weighted by Gasteiger charge is -2.43. The van der Waals surface area contributed by atoms with Gasteiger partial charge in [-0.25, -0.2) is 0 Å². The average molecular weight is 410 g/mol. The highest BCUT2D eigenvalue weighted by Gasteiger charge is 2.45. The van der Waals surface area contributed by atoms with Crippen molar-refractivity contribution in [2.24, 2.45) is 0 Å². The lowest BCUT2D eigenvalue weighted by atomic mass is 10.1. The normalized spacial score (nSPS) is 26.1. The highest BCUT2D eigenvalue weighted by molar-refractivity contribution is 5.83. The number of phenols is 1. The number of nitrogens with two attached hydrogens (primary N) is 1. The van der Waals surface area contributed by atoms with Crippen LogP contribution >= 0.6 is 0 Å². The molecule has 2 aromatic rings. The van der Waals surface area contributed by atoms with Crippen LogP contribution in [0.1, 0.15) is 12.8 Å². The van der Waals surface area contributed by atoms with Crippen LogP contribution in [-0.2, 0) is 9.53 Å². The van der Waals surface area contributed by atoms with Gasteiger partial charge in [0, 0.05) is 43.8 Å². The molecule has 3 saturated heterocycles. The number of nitrogens with zero attached hydrogens (tertiary/aromatic N) is 4. The van der Waals surface area contributed by atoms with E-state index in [0.29, 0.717) is 43.3 Å². The maximum atomic E-state index is 13.1. The molecule has 1 aromatic heterocycles. The minimum absolute atomic E-state index is 0.0880. The molecule has 5 rings (SSSR count). The summed E-state index contributed by atoms with van der Waals surface area (Å²) in [5, 5.41) is 21.7.